The molecule has 0 fully saturated rings. The van der Waals surface area contributed by atoms with Crippen molar-refractivity contribution in [3.05, 3.63) is 46.5 Å². The molecule has 6 heteroatoms. The van der Waals surface area contributed by atoms with E-state index in [0.29, 0.717) is 10.6 Å². The number of aryl methyl sites for hydroxylation is 1. The molecule has 2 nitrogen and oxygen atoms in total. The Bertz CT molecular complexity index is 692. The van der Waals surface area contributed by atoms with Crippen molar-refractivity contribution in [3.8, 4) is 0 Å². The first-order valence-electron chi connectivity index (χ1n) is 7.23. The zero-order valence-electron chi connectivity index (χ0n) is 13.3. The summed E-state index contributed by atoms with van der Waals surface area (Å²) >= 11 is 6.56. The third-order valence-corrected chi connectivity index (χ3v) is 4.37. The highest BCUT2D eigenvalue weighted by molar-refractivity contribution is 7.09. The Morgan fingerprint density at radius 2 is 1.91 bits per heavy atom. The summed E-state index contributed by atoms with van der Waals surface area (Å²) in [6.07, 6.45) is -3.30. The third-order valence-electron chi connectivity index (χ3n) is 3.77. The molecule has 0 aliphatic carbocycles. The van der Waals surface area contributed by atoms with Crippen LogP contribution >= 0.6 is 21.1 Å². The van der Waals surface area contributed by atoms with Gasteiger partial charge in [-0.05, 0) is 31.7 Å². The zero-order chi connectivity index (χ0) is 17.2. The molecule has 0 spiro atoms. The van der Waals surface area contributed by atoms with Crippen LogP contribution in [-0.2, 0) is 9.26 Å². The summed E-state index contributed by atoms with van der Waals surface area (Å²) in [5.41, 5.74) is -0.0395. The van der Waals surface area contributed by atoms with Crippen LogP contribution in [0.25, 0.3) is 10.8 Å². The Kier molecular flexibility index (Phi) is 5.96. The van der Waals surface area contributed by atoms with E-state index in [1.807, 2.05) is 37.3 Å². The predicted molar refractivity (Wildman–Crippen MR) is 93.3 cm³/mol. The fraction of sp³-hybridized carbons (Fsp3) is 0.412. The minimum absolute atomic E-state index is 0.111. The minimum atomic E-state index is -2.62. The van der Waals surface area contributed by atoms with Crippen LogP contribution in [0.15, 0.2) is 30.3 Å². The zero-order valence-corrected chi connectivity index (χ0v) is 15.2. The van der Waals surface area contributed by atoms with Crippen molar-refractivity contribution in [3.63, 3.8) is 0 Å². The van der Waals surface area contributed by atoms with Gasteiger partial charge >= 0.3 is 0 Å². The van der Waals surface area contributed by atoms with E-state index in [-0.39, 0.29) is 6.61 Å². The molecule has 2 unspecified atom stereocenters. The topological polar surface area (TPSA) is 18.5 Å². The van der Waals surface area contributed by atoms with Gasteiger partial charge in [0.05, 0.1) is 11.6 Å². The van der Waals surface area contributed by atoms with Crippen LogP contribution in [0.4, 0.5) is 8.78 Å². The molecule has 2 aromatic carbocycles. The Morgan fingerprint density at radius 1 is 1.26 bits per heavy atom. The number of halogens is 3. The number of fused-ring (bicyclic) bond motifs is 1. The second kappa shape index (κ2) is 7.40. The Balaban J connectivity index is 2.53. The van der Waals surface area contributed by atoms with Gasteiger partial charge in [0.2, 0.25) is 0 Å². The summed E-state index contributed by atoms with van der Waals surface area (Å²) in [4.78, 5) is 0. The molecule has 0 N–H and O–H groups in total. The van der Waals surface area contributed by atoms with Gasteiger partial charge in [-0.3, -0.25) is 0 Å². The highest BCUT2D eigenvalue weighted by Crippen LogP contribution is 2.38. The molecule has 0 heterocycles. The molecular formula is C17H20ClF2O2P. The van der Waals surface area contributed by atoms with Crippen molar-refractivity contribution in [2.45, 2.75) is 38.9 Å². The summed E-state index contributed by atoms with van der Waals surface area (Å²) in [6, 6.07) is 9.65. The van der Waals surface area contributed by atoms with Crippen molar-refractivity contribution in [1.82, 2.24) is 0 Å². The summed E-state index contributed by atoms with van der Waals surface area (Å²) in [5, 5.41) is 2.37. The predicted octanol–water partition coefficient (Wildman–Crippen LogP) is 5.71. The average Bonchev–Trinajstić information content (AvgIpc) is 2.47. The van der Waals surface area contributed by atoms with Gasteiger partial charge in [0.1, 0.15) is 11.7 Å². The molecule has 126 valence electrons. The third kappa shape index (κ3) is 4.00. The van der Waals surface area contributed by atoms with Gasteiger partial charge in [0.25, 0.3) is 6.43 Å². The van der Waals surface area contributed by atoms with E-state index in [1.54, 1.807) is 0 Å². The molecule has 0 aliphatic rings. The molecule has 0 aliphatic heterocycles. The van der Waals surface area contributed by atoms with Crippen LogP contribution < -0.4 is 0 Å². The lowest BCUT2D eigenvalue weighted by Gasteiger charge is -2.31. The maximum atomic E-state index is 13.2. The lowest BCUT2D eigenvalue weighted by Crippen LogP contribution is -2.36. The van der Waals surface area contributed by atoms with E-state index >= 15 is 0 Å². The summed E-state index contributed by atoms with van der Waals surface area (Å²) in [6.45, 7) is 4.72. The second-order valence-corrected chi connectivity index (χ2v) is 6.70. The molecule has 0 saturated heterocycles. The fourth-order valence-electron chi connectivity index (χ4n) is 2.53. The van der Waals surface area contributed by atoms with Crippen molar-refractivity contribution in [2.24, 2.45) is 0 Å². The number of alkyl halides is 2. The number of hydrogen-bond donors (Lipinski definition) is 0. The van der Waals surface area contributed by atoms with Crippen molar-refractivity contribution in [1.29, 1.82) is 0 Å². The van der Waals surface area contributed by atoms with Gasteiger partial charge in [0, 0.05) is 20.4 Å². The smallest absolute Gasteiger partial charge is 0.266 e. The first-order valence-corrected chi connectivity index (χ1v) is 8.08. The largest absolute Gasteiger partial charge is 0.363 e. The molecule has 2 atom stereocenters. The maximum Gasteiger partial charge on any atom is 0.266 e. The molecule has 0 radical (unpaired) electrons. The van der Waals surface area contributed by atoms with Gasteiger partial charge in [0.15, 0.2) is 0 Å². The van der Waals surface area contributed by atoms with Gasteiger partial charge in [-0.1, -0.05) is 41.9 Å². The van der Waals surface area contributed by atoms with Crippen molar-refractivity contribution >= 4 is 31.8 Å². The number of hydrogen-bond acceptors (Lipinski definition) is 2. The van der Waals surface area contributed by atoms with E-state index in [4.69, 9.17) is 20.9 Å². The lowest BCUT2D eigenvalue weighted by atomic mass is 9.97. The summed E-state index contributed by atoms with van der Waals surface area (Å²) in [5.74, 6) is 0. The van der Waals surface area contributed by atoms with E-state index in [1.165, 1.54) is 13.8 Å². The Morgan fingerprint density at radius 3 is 2.52 bits per heavy atom. The molecule has 0 aromatic heterocycles. The first kappa shape index (κ1) is 18.5. The van der Waals surface area contributed by atoms with Gasteiger partial charge < -0.3 is 9.26 Å². The monoisotopic (exact) mass is 360 g/mol. The number of benzene rings is 2. The quantitative estimate of drug-likeness (QED) is 0.614. The maximum absolute atomic E-state index is 13.2. The standard InChI is InChI=1S/C17H20ClF2O2P/c1-10-8-11-6-4-5-7-12(11)15(18)14(10)13(9-21-23)22-17(2,3)16(19)20/h4-8,13,16H,9,23H2,1-3H3. The molecule has 0 saturated carbocycles. The van der Waals surface area contributed by atoms with E-state index in [0.717, 1.165) is 16.3 Å². The van der Waals surface area contributed by atoms with Gasteiger partial charge in [-0.15, -0.1) is 0 Å². The minimum Gasteiger partial charge on any atom is -0.363 e. The van der Waals surface area contributed by atoms with Gasteiger partial charge in [-0.25, -0.2) is 8.78 Å². The molecule has 0 bridgehead atoms. The average molecular weight is 361 g/mol. The normalized spacial score (nSPS) is 13.7. The van der Waals surface area contributed by atoms with E-state index < -0.39 is 18.1 Å². The van der Waals surface area contributed by atoms with E-state index in [2.05, 4.69) is 9.47 Å². The Labute approximate surface area is 142 Å². The van der Waals surface area contributed by atoms with Crippen LogP contribution in [-0.4, -0.2) is 18.6 Å². The molecule has 0 amide bonds. The van der Waals surface area contributed by atoms with Crippen LogP contribution in [0, 0.1) is 6.92 Å². The Hall–Kier alpha value is -0.800. The molecule has 23 heavy (non-hydrogen) atoms. The lowest BCUT2D eigenvalue weighted by molar-refractivity contribution is -0.158. The van der Waals surface area contributed by atoms with Crippen LogP contribution in [0.2, 0.25) is 5.02 Å². The first-order chi connectivity index (χ1) is 10.8. The van der Waals surface area contributed by atoms with Crippen molar-refractivity contribution < 1.29 is 18.0 Å². The summed E-state index contributed by atoms with van der Waals surface area (Å²) < 4.78 is 37.1. The molecule has 2 rings (SSSR count). The molecular weight excluding hydrogens is 341 g/mol. The summed E-state index contributed by atoms with van der Waals surface area (Å²) in [7, 11) is 2.12. The van der Waals surface area contributed by atoms with Crippen LogP contribution in [0.1, 0.15) is 31.1 Å². The highest BCUT2D eigenvalue weighted by atomic mass is 35.5. The van der Waals surface area contributed by atoms with E-state index in [9.17, 15) is 8.78 Å². The van der Waals surface area contributed by atoms with Crippen molar-refractivity contribution in [2.75, 3.05) is 6.61 Å². The molecule has 2 aromatic rings. The highest BCUT2D eigenvalue weighted by Gasteiger charge is 2.35. The SMILES string of the molecule is Cc1cc2ccccc2c(Cl)c1C(COP)OC(C)(C)C(F)F. The van der Waals surface area contributed by atoms with Gasteiger partial charge in [-0.2, -0.15) is 0 Å². The number of ether oxygens (including phenoxy) is 1. The fourth-order valence-corrected chi connectivity index (χ4v) is 3.15. The van der Waals surface area contributed by atoms with Crippen LogP contribution in [0.3, 0.4) is 0 Å². The number of rotatable bonds is 6. The second-order valence-electron chi connectivity index (χ2n) is 5.99. The van der Waals surface area contributed by atoms with Crippen LogP contribution in [0.5, 0.6) is 0 Å².